The maximum absolute atomic E-state index is 4.27. The fourth-order valence-corrected chi connectivity index (χ4v) is 2.51. The van der Waals surface area contributed by atoms with Gasteiger partial charge in [0.2, 0.25) is 0 Å². The van der Waals surface area contributed by atoms with Crippen LogP contribution in [0.3, 0.4) is 0 Å². The van der Waals surface area contributed by atoms with E-state index in [1.165, 1.54) is 5.56 Å². The molecule has 0 aliphatic heterocycles. The molecule has 0 spiro atoms. The Balaban J connectivity index is 0.00000338. The summed E-state index contributed by atoms with van der Waals surface area (Å²) in [5, 5.41) is 10.1. The minimum absolute atomic E-state index is 0. The van der Waals surface area contributed by atoms with Crippen molar-refractivity contribution in [2.24, 2.45) is 4.99 Å². The lowest BCUT2D eigenvalue weighted by molar-refractivity contribution is 0.699. The Morgan fingerprint density at radius 2 is 1.58 bits per heavy atom. The number of nitrogens with zero attached hydrogens (tertiary/aromatic N) is 2. The molecular weight excluding hydrogens is 437 g/mol. The number of aliphatic imine (C=N–C) groups is 1. The van der Waals surface area contributed by atoms with Crippen molar-refractivity contribution in [3.63, 3.8) is 0 Å². The fraction of sp³-hybridized carbons (Fsp3) is 0.400. The van der Waals surface area contributed by atoms with Gasteiger partial charge in [0.05, 0.1) is 0 Å². The van der Waals surface area contributed by atoms with Crippen LogP contribution in [0, 0.1) is 0 Å². The summed E-state index contributed by atoms with van der Waals surface area (Å²) in [4.78, 5) is 8.51. The standard InChI is InChI=1S/C20H29N5.HI/c1-21-20(25-17-9-12-18-10-3-2-4-11-18)24-16-8-7-15-23-19-13-5-6-14-22-19;/h2-6,10-11,13-14H,7-9,12,15-17H2,1H3,(H,22,23)(H2,21,24,25);1H. The molecule has 1 aromatic carbocycles. The Bertz CT molecular complexity index is 604. The highest BCUT2D eigenvalue weighted by Gasteiger charge is 1.98. The van der Waals surface area contributed by atoms with E-state index < -0.39 is 0 Å². The molecule has 2 rings (SSSR count). The monoisotopic (exact) mass is 467 g/mol. The molecule has 0 saturated heterocycles. The van der Waals surface area contributed by atoms with E-state index in [2.05, 4.69) is 56.3 Å². The lowest BCUT2D eigenvalue weighted by Crippen LogP contribution is -2.38. The second-order valence-electron chi connectivity index (χ2n) is 5.86. The first kappa shape index (κ1) is 22.2. The van der Waals surface area contributed by atoms with Crippen LogP contribution in [0.4, 0.5) is 5.82 Å². The molecule has 0 bridgehead atoms. The summed E-state index contributed by atoms with van der Waals surface area (Å²) in [6.45, 7) is 2.78. The molecule has 0 unspecified atom stereocenters. The zero-order valence-corrected chi connectivity index (χ0v) is 17.8. The van der Waals surface area contributed by atoms with E-state index in [9.17, 15) is 0 Å². The van der Waals surface area contributed by atoms with E-state index >= 15 is 0 Å². The van der Waals surface area contributed by atoms with E-state index in [1.807, 2.05) is 25.2 Å². The number of hydrogen-bond donors (Lipinski definition) is 3. The van der Waals surface area contributed by atoms with Crippen molar-refractivity contribution >= 4 is 35.8 Å². The van der Waals surface area contributed by atoms with Crippen molar-refractivity contribution in [2.45, 2.75) is 25.7 Å². The van der Waals surface area contributed by atoms with Crippen molar-refractivity contribution in [3.8, 4) is 0 Å². The summed E-state index contributed by atoms with van der Waals surface area (Å²) in [5.74, 6) is 1.82. The van der Waals surface area contributed by atoms with E-state index in [1.54, 1.807) is 6.20 Å². The van der Waals surface area contributed by atoms with E-state index in [0.29, 0.717) is 0 Å². The summed E-state index contributed by atoms with van der Waals surface area (Å²) in [5.41, 5.74) is 1.38. The highest BCUT2D eigenvalue weighted by atomic mass is 127. The third-order valence-corrected chi connectivity index (χ3v) is 3.87. The van der Waals surface area contributed by atoms with Crippen LogP contribution in [0.25, 0.3) is 0 Å². The van der Waals surface area contributed by atoms with Crippen molar-refractivity contribution in [2.75, 3.05) is 32.0 Å². The first-order valence-electron chi connectivity index (χ1n) is 9.02. The van der Waals surface area contributed by atoms with E-state index in [-0.39, 0.29) is 24.0 Å². The molecule has 0 fully saturated rings. The quantitative estimate of drug-likeness (QED) is 0.216. The zero-order valence-electron chi connectivity index (χ0n) is 15.4. The molecule has 142 valence electrons. The molecule has 1 aromatic heterocycles. The Hall–Kier alpha value is -1.83. The van der Waals surface area contributed by atoms with Crippen molar-refractivity contribution in [1.82, 2.24) is 15.6 Å². The van der Waals surface area contributed by atoms with Crippen LogP contribution in [0.5, 0.6) is 0 Å². The SMILES string of the molecule is CN=C(NCCCCNc1ccccn1)NCCCc1ccccc1.I. The topological polar surface area (TPSA) is 61.3 Å². The summed E-state index contributed by atoms with van der Waals surface area (Å²) >= 11 is 0. The largest absolute Gasteiger partial charge is 0.370 e. The Morgan fingerprint density at radius 1 is 0.885 bits per heavy atom. The van der Waals surface area contributed by atoms with Gasteiger partial charge in [0.25, 0.3) is 0 Å². The number of aryl methyl sites for hydroxylation is 1. The Morgan fingerprint density at radius 3 is 2.27 bits per heavy atom. The van der Waals surface area contributed by atoms with Gasteiger partial charge in [0.1, 0.15) is 5.82 Å². The van der Waals surface area contributed by atoms with Gasteiger partial charge in [-0.3, -0.25) is 4.99 Å². The third kappa shape index (κ3) is 9.60. The van der Waals surface area contributed by atoms with Crippen LogP contribution >= 0.6 is 24.0 Å². The number of guanidine groups is 1. The number of halogens is 1. The number of nitrogens with one attached hydrogen (secondary N) is 3. The number of pyridine rings is 1. The summed E-state index contributed by atoms with van der Waals surface area (Å²) in [6, 6.07) is 16.5. The van der Waals surface area contributed by atoms with Gasteiger partial charge >= 0.3 is 0 Å². The molecular formula is C20H30IN5. The smallest absolute Gasteiger partial charge is 0.190 e. The molecule has 1 heterocycles. The van der Waals surface area contributed by atoms with Crippen molar-refractivity contribution in [3.05, 3.63) is 60.3 Å². The van der Waals surface area contributed by atoms with Gasteiger partial charge < -0.3 is 16.0 Å². The highest BCUT2D eigenvalue weighted by Crippen LogP contribution is 2.01. The average Bonchev–Trinajstić information content (AvgIpc) is 2.67. The lowest BCUT2D eigenvalue weighted by Gasteiger charge is -2.12. The Kier molecular flexibility index (Phi) is 12.3. The predicted molar refractivity (Wildman–Crippen MR) is 122 cm³/mol. The first-order chi connectivity index (χ1) is 12.4. The van der Waals surface area contributed by atoms with Gasteiger partial charge in [-0.05, 0) is 43.4 Å². The number of anilines is 1. The van der Waals surface area contributed by atoms with Crippen LogP contribution in [0.15, 0.2) is 59.7 Å². The van der Waals surface area contributed by atoms with Gasteiger partial charge in [-0.1, -0.05) is 36.4 Å². The first-order valence-corrected chi connectivity index (χ1v) is 9.02. The second kappa shape index (κ2) is 14.4. The van der Waals surface area contributed by atoms with Gasteiger partial charge in [-0.2, -0.15) is 0 Å². The molecule has 0 aliphatic carbocycles. The number of hydrogen-bond acceptors (Lipinski definition) is 3. The molecule has 6 heteroatoms. The second-order valence-corrected chi connectivity index (χ2v) is 5.86. The molecule has 0 radical (unpaired) electrons. The molecule has 0 atom stereocenters. The van der Waals surface area contributed by atoms with E-state index in [0.717, 1.165) is 57.1 Å². The minimum Gasteiger partial charge on any atom is -0.370 e. The van der Waals surface area contributed by atoms with Gasteiger partial charge in [-0.15, -0.1) is 24.0 Å². The van der Waals surface area contributed by atoms with Crippen LogP contribution in [-0.4, -0.2) is 37.6 Å². The minimum atomic E-state index is 0. The van der Waals surface area contributed by atoms with Gasteiger partial charge in [0.15, 0.2) is 5.96 Å². The summed E-state index contributed by atoms with van der Waals surface area (Å²) < 4.78 is 0. The summed E-state index contributed by atoms with van der Waals surface area (Å²) in [6.07, 6.45) is 6.17. The van der Waals surface area contributed by atoms with Crippen LogP contribution in [0.2, 0.25) is 0 Å². The summed E-state index contributed by atoms with van der Waals surface area (Å²) in [7, 11) is 1.81. The highest BCUT2D eigenvalue weighted by molar-refractivity contribution is 14.0. The van der Waals surface area contributed by atoms with Crippen LogP contribution < -0.4 is 16.0 Å². The molecule has 3 N–H and O–H groups in total. The Labute approximate surface area is 174 Å². The number of benzene rings is 1. The normalized spacial score (nSPS) is 10.7. The molecule has 0 saturated carbocycles. The third-order valence-electron chi connectivity index (χ3n) is 3.87. The predicted octanol–water partition coefficient (Wildman–Crippen LogP) is 3.69. The zero-order chi connectivity index (χ0) is 17.6. The number of aromatic nitrogens is 1. The van der Waals surface area contributed by atoms with Crippen molar-refractivity contribution < 1.29 is 0 Å². The van der Waals surface area contributed by atoms with Crippen LogP contribution in [0.1, 0.15) is 24.8 Å². The maximum atomic E-state index is 4.27. The molecule has 26 heavy (non-hydrogen) atoms. The lowest BCUT2D eigenvalue weighted by atomic mass is 10.1. The average molecular weight is 467 g/mol. The van der Waals surface area contributed by atoms with Crippen molar-refractivity contribution in [1.29, 1.82) is 0 Å². The maximum Gasteiger partial charge on any atom is 0.190 e. The van der Waals surface area contributed by atoms with E-state index in [4.69, 9.17) is 0 Å². The molecule has 0 aliphatic rings. The molecule has 0 amide bonds. The van der Waals surface area contributed by atoms with Gasteiger partial charge in [0, 0.05) is 32.9 Å². The van der Waals surface area contributed by atoms with Crippen LogP contribution in [-0.2, 0) is 6.42 Å². The molecule has 2 aromatic rings. The van der Waals surface area contributed by atoms with Gasteiger partial charge in [-0.25, -0.2) is 4.98 Å². The number of rotatable bonds is 10. The molecule has 5 nitrogen and oxygen atoms in total. The number of unbranched alkanes of at least 4 members (excludes halogenated alkanes) is 1. The fourth-order valence-electron chi connectivity index (χ4n) is 2.51.